The molecule has 0 aliphatic carbocycles. The van der Waals surface area contributed by atoms with Gasteiger partial charge in [0.15, 0.2) is 4.96 Å². The highest BCUT2D eigenvalue weighted by Crippen LogP contribution is 2.14. The van der Waals surface area contributed by atoms with E-state index in [9.17, 15) is 0 Å². The van der Waals surface area contributed by atoms with Gasteiger partial charge in [0.2, 0.25) is 0 Å². The van der Waals surface area contributed by atoms with Gasteiger partial charge in [-0.3, -0.25) is 4.40 Å². The summed E-state index contributed by atoms with van der Waals surface area (Å²) in [6, 6.07) is 0.483. The van der Waals surface area contributed by atoms with E-state index >= 15 is 0 Å². The molecule has 0 aliphatic rings. The number of thiazole rings is 1. The van der Waals surface area contributed by atoms with Crippen LogP contribution in [-0.4, -0.2) is 35.2 Å². The third-order valence-corrected chi connectivity index (χ3v) is 4.38. The summed E-state index contributed by atoms with van der Waals surface area (Å²) in [7, 11) is 1.78. The quantitative estimate of drug-likeness (QED) is 0.772. The second-order valence-electron chi connectivity index (χ2n) is 5.30. The van der Waals surface area contributed by atoms with Crippen LogP contribution in [0.2, 0.25) is 0 Å². The molecule has 2 unspecified atom stereocenters. The number of nitrogens with one attached hydrogen (secondary N) is 1. The van der Waals surface area contributed by atoms with E-state index in [1.54, 1.807) is 18.4 Å². The Hall–Kier alpha value is -0.910. The minimum absolute atomic E-state index is 0.325. The van der Waals surface area contributed by atoms with Crippen LogP contribution in [0.1, 0.15) is 38.8 Å². The van der Waals surface area contributed by atoms with Gasteiger partial charge < -0.3 is 10.1 Å². The molecule has 2 heterocycles. The predicted molar refractivity (Wildman–Crippen MR) is 84.6 cm³/mol. The average Bonchev–Trinajstić information content (AvgIpc) is 3.02. The number of aromatic nitrogens is 2. The van der Waals surface area contributed by atoms with Gasteiger partial charge in [0.05, 0.1) is 11.8 Å². The number of ether oxygens (including phenoxy) is 1. The van der Waals surface area contributed by atoms with Crippen LogP contribution in [0.5, 0.6) is 0 Å². The lowest BCUT2D eigenvalue weighted by Crippen LogP contribution is -2.32. The standard InChI is InChI=1S/C15H25N3OS/c1-4-7-16-13(6-5-12(2)19-3)10-14-11-18-8-9-20-15(18)17-14/h8-9,11-13,16H,4-7,10H2,1-3H3. The molecular weight excluding hydrogens is 270 g/mol. The molecular formula is C15H25N3OS. The van der Waals surface area contributed by atoms with Crippen LogP contribution < -0.4 is 5.32 Å². The van der Waals surface area contributed by atoms with Crippen LogP contribution in [0.15, 0.2) is 17.8 Å². The molecule has 0 aliphatic heterocycles. The summed E-state index contributed by atoms with van der Waals surface area (Å²) < 4.78 is 7.45. The Morgan fingerprint density at radius 2 is 2.30 bits per heavy atom. The highest BCUT2D eigenvalue weighted by molar-refractivity contribution is 7.15. The van der Waals surface area contributed by atoms with E-state index in [2.05, 4.69) is 46.3 Å². The molecule has 0 saturated heterocycles. The molecule has 1 N–H and O–H groups in total. The van der Waals surface area contributed by atoms with Crippen molar-refractivity contribution in [3.05, 3.63) is 23.5 Å². The number of methoxy groups -OCH3 is 1. The molecule has 2 rings (SSSR count). The maximum Gasteiger partial charge on any atom is 0.193 e. The number of rotatable bonds is 9. The lowest BCUT2D eigenvalue weighted by Gasteiger charge is -2.19. The number of imidazole rings is 1. The zero-order valence-corrected chi connectivity index (χ0v) is 13.4. The minimum atomic E-state index is 0.325. The van der Waals surface area contributed by atoms with Crippen LogP contribution in [-0.2, 0) is 11.2 Å². The Bertz CT molecular complexity index is 479. The Kier molecular flexibility index (Phi) is 6.01. The van der Waals surface area contributed by atoms with E-state index in [1.807, 2.05) is 0 Å². The first kappa shape index (κ1) is 15.5. The molecule has 5 heteroatoms. The number of nitrogens with zero attached hydrogens (tertiary/aromatic N) is 2. The first-order valence-electron chi connectivity index (χ1n) is 7.40. The largest absolute Gasteiger partial charge is 0.382 e. The summed E-state index contributed by atoms with van der Waals surface area (Å²) >= 11 is 1.69. The van der Waals surface area contributed by atoms with Gasteiger partial charge in [0.1, 0.15) is 0 Å². The van der Waals surface area contributed by atoms with Crippen molar-refractivity contribution < 1.29 is 4.74 Å². The average molecular weight is 295 g/mol. The topological polar surface area (TPSA) is 38.6 Å². The smallest absolute Gasteiger partial charge is 0.193 e. The molecule has 112 valence electrons. The van der Waals surface area contributed by atoms with E-state index in [0.717, 1.165) is 37.2 Å². The van der Waals surface area contributed by atoms with Crippen molar-refractivity contribution >= 4 is 16.3 Å². The zero-order valence-electron chi connectivity index (χ0n) is 12.6. The maximum atomic E-state index is 5.35. The monoisotopic (exact) mass is 295 g/mol. The van der Waals surface area contributed by atoms with Crippen LogP contribution >= 0.6 is 11.3 Å². The van der Waals surface area contributed by atoms with Crippen molar-refractivity contribution in [1.82, 2.24) is 14.7 Å². The van der Waals surface area contributed by atoms with Gasteiger partial charge in [0.25, 0.3) is 0 Å². The van der Waals surface area contributed by atoms with Crippen LogP contribution in [0, 0.1) is 0 Å². The molecule has 4 nitrogen and oxygen atoms in total. The molecule has 2 aromatic heterocycles. The summed E-state index contributed by atoms with van der Waals surface area (Å²) in [6.45, 7) is 5.39. The zero-order chi connectivity index (χ0) is 14.4. The van der Waals surface area contributed by atoms with Crippen LogP contribution in [0.25, 0.3) is 4.96 Å². The fraction of sp³-hybridized carbons (Fsp3) is 0.667. The molecule has 0 amide bonds. The summed E-state index contributed by atoms with van der Waals surface area (Å²) in [5.41, 5.74) is 1.18. The molecule has 0 radical (unpaired) electrons. The molecule has 2 atom stereocenters. The van der Waals surface area contributed by atoms with Gasteiger partial charge in [-0.25, -0.2) is 4.98 Å². The maximum absolute atomic E-state index is 5.35. The fourth-order valence-electron chi connectivity index (χ4n) is 2.31. The third-order valence-electron chi connectivity index (χ3n) is 3.61. The predicted octanol–water partition coefficient (Wildman–Crippen LogP) is 3.12. The highest BCUT2D eigenvalue weighted by Gasteiger charge is 2.13. The first-order valence-corrected chi connectivity index (χ1v) is 8.28. The van der Waals surface area contributed by atoms with Gasteiger partial charge in [-0.05, 0) is 32.7 Å². The van der Waals surface area contributed by atoms with Crippen molar-refractivity contribution in [3.63, 3.8) is 0 Å². The Balaban J connectivity index is 1.93. The summed E-state index contributed by atoms with van der Waals surface area (Å²) in [5, 5.41) is 5.70. The van der Waals surface area contributed by atoms with Crippen LogP contribution in [0.4, 0.5) is 0 Å². The fourth-order valence-corrected chi connectivity index (χ4v) is 3.02. The first-order chi connectivity index (χ1) is 9.72. The molecule has 20 heavy (non-hydrogen) atoms. The van der Waals surface area contributed by atoms with E-state index < -0.39 is 0 Å². The van der Waals surface area contributed by atoms with Crippen molar-refractivity contribution in [3.8, 4) is 0 Å². The minimum Gasteiger partial charge on any atom is -0.382 e. The van der Waals surface area contributed by atoms with Crippen molar-refractivity contribution in [2.75, 3.05) is 13.7 Å². The molecule has 0 saturated carbocycles. The van der Waals surface area contributed by atoms with Crippen molar-refractivity contribution in [2.45, 2.75) is 51.7 Å². The normalized spacial score (nSPS) is 14.8. The van der Waals surface area contributed by atoms with E-state index in [4.69, 9.17) is 4.74 Å². The van der Waals surface area contributed by atoms with Crippen molar-refractivity contribution in [1.29, 1.82) is 0 Å². The summed E-state index contributed by atoms with van der Waals surface area (Å²) in [4.78, 5) is 5.76. The SMILES string of the molecule is CCCNC(CCC(C)OC)Cc1cn2ccsc2n1. The van der Waals surface area contributed by atoms with Crippen molar-refractivity contribution in [2.24, 2.45) is 0 Å². The van der Waals surface area contributed by atoms with Gasteiger partial charge in [-0.1, -0.05) is 6.92 Å². The number of hydrogen-bond acceptors (Lipinski definition) is 4. The van der Waals surface area contributed by atoms with E-state index in [0.29, 0.717) is 12.1 Å². The Morgan fingerprint density at radius 3 is 3.00 bits per heavy atom. The van der Waals surface area contributed by atoms with E-state index in [1.165, 1.54) is 5.69 Å². The van der Waals surface area contributed by atoms with Gasteiger partial charge >= 0.3 is 0 Å². The van der Waals surface area contributed by atoms with Crippen LogP contribution in [0.3, 0.4) is 0 Å². The van der Waals surface area contributed by atoms with E-state index in [-0.39, 0.29) is 0 Å². The summed E-state index contributed by atoms with van der Waals surface area (Å²) in [5.74, 6) is 0. The second kappa shape index (κ2) is 7.76. The second-order valence-corrected chi connectivity index (χ2v) is 6.18. The van der Waals surface area contributed by atoms with Gasteiger partial charge in [-0.2, -0.15) is 0 Å². The number of fused-ring (bicyclic) bond motifs is 1. The molecule has 0 fully saturated rings. The molecule has 0 aromatic carbocycles. The molecule has 0 bridgehead atoms. The van der Waals surface area contributed by atoms with Gasteiger partial charge in [-0.15, -0.1) is 11.3 Å². The third kappa shape index (κ3) is 4.30. The molecule has 2 aromatic rings. The number of hydrogen-bond donors (Lipinski definition) is 1. The highest BCUT2D eigenvalue weighted by atomic mass is 32.1. The Labute approximate surface area is 125 Å². The lowest BCUT2D eigenvalue weighted by atomic mass is 10.0. The Morgan fingerprint density at radius 1 is 1.45 bits per heavy atom. The summed E-state index contributed by atoms with van der Waals surface area (Å²) in [6.07, 6.45) is 8.90. The van der Waals surface area contributed by atoms with Gasteiger partial charge in [0, 0.05) is 37.3 Å². The molecule has 0 spiro atoms. The lowest BCUT2D eigenvalue weighted by molar-refractivity contribution is 0.106.